The Balaban J connectivity index is 4.07. The summed E-state index contributed by atoms with van der Waals surface area (Å²) in [6, 6.07) is -0.802. The second-order valence-corrected chi connectivity index (χ2v) is 24.9. The monoisotopic (exact) mass is 1050 g/mol. The first-order valence-corrected chi connectivity index (χ1v) is 33.6. The Morgan fingerprint density at radius 3 is 1.14 bits per heavy atom. The molecule has 0 aromatic heterocycles. The molecule has 0 heterocycles. The van der Waals surface area contributed by atoms with Gasteiger partial charge in [-0.05, 0) is 44.9 Å². The Morgan fingerprint density at radius 1 is 0.479 bits per heavy atom. The molecule has 0 aromatic rings. The molecule has 9 heteroatoms. The number of hydrogen-bond donors (Lipinski definition) is 2. The number of unbranched alkanes of at least 4 members (excludes halogenated alkanes) is 43. The number of likely N-dealkylation sites (N-methyl/N-ethyl adjacent to an activating group) is 1. The molecular formula is C64H127N2O6P. The number of phosphoric ester groups is 1. The number of allylic oxidation sites excluding steroid dienone is 4. The summed E-state index contributed by atoms with van der Waals surface area (Å²) in [7, 11) is 1.32. The highest BCUT2D eigenvalue weighted by molar-refractivity contribution is 7.45. The predicted octanol–water partition coefficient (Wildman–Crippen LogP) is 19.3. The van der Waals surface area contributed by atoms with Gasteiger partial charge in [0.15, 0.2) is 0 Å². The van der Waals surface area contributed by atoms with E-state index in [2.05, 4.69) is 43.5 Å². The predicted molar refractivity (Wildman–Crippen MR) is 316 cm³/mol. The van der Waals surface area contributed by atoms with Gasteiger partial charge in [-0.1, -0.05) is 301 Å². The zero-order valence-corrected chi connectivity index (χ0v) is 50.5. The minimum atomic E-state index is -4.58. The van der Waals surface area contributed by atoms with Crippen LogP contribution in [0.25, 0.3) is 0 Å². The number of phosphoric acid groups is 1. The molecular weight excluding hydrogens is 924 g/mol. The van der Waals surface area contributed by atoms with Crippen molar-refractivity contribution in [3.8, 4) is 0 Å². The van der Waals surface area contributed by atoms with Gasteiger partial charge >= 0.3 is 0 Å². The highest BCUT2D eigenvalue weighted by Crippen LogP contribution is 2.38. The topological polar surface area (TPSA) is 108 Å². The maximum atomic E-state index is 13.0. The summed E-state index contributed by atoms with van der Waals surface area (Å²) in [5.74, 6) is -0.162. The van der Waals surface area contributed by atoms with Gasteiger partial charge in [-0.2, -0.15) is 0 Å². The summed E-state index contributed by atoms with van der Waals surface area (Å²) >= 11 is 0. The second-order valence-electron chi connectivity index (χ2n) is 23.5. The van der Waals surface area contributed by atoms with Crippen molar-refractivity contribution >= 4 is 13.7 Å². The van der Waals surface area contributed by atoms with Gasteiger partial charge in [0.25, 0.3) is 7.82 Å². The first-order chi connectivity index (χ1) is 35.5. The summed E-state index contributed by atoms with van der Waals surface area (Å²) in [5, 5.41) is 14.1. The van der Waals surface area contributed by atoms with E-state index in [1.54, 1.807) is 0 Å². The Labute approximate surface area is 455 Å². The number of hydrogen-bond acceptors (Lipinski definition) is 6. The molecule has 0 radical (unpaired) electrons. The number of carbonyl (C=O) groups is 1. The van der Waals surface area contributed by atoms with Crippen LogP contribution in [0.4, 0.5) is 0 Å². The lowest BCUT2D eigenvalue weighted by Gasteiger charge is -2.30. The maximum Gasteiger partial charge on any atom is 0.268 e. The molecule has 434 valence electrons. The SMILES string of the molecule is CCCCCCC/C=C\C/C=C\CCCCCCCCCCCCCC(=O)NC(COP(=O)([O-])OCC[N+](C)(C)C)C(O)CCCCCCCCCCCCCCCCCCCCCCCCCCCCCC. The van der Waals surface area contributed by atoms with Crippen LogP contribution in [0, 0.1) is 0 Å². The fourth-order valence-electron chi connectivity index (χ4n) is 9.90. The number of rotatable bonds is 60. The zero-order chi connectivity index (χ0) is 53.5. The van der Waals surface area contributed by atoms with Crippen molar-refractivity contribution in [1.82, 2.24) is 5.32 Å². The fourth-order valence-corrected chi connectivity index (χ4v) is 10.6. The van der Waals surface area contributed by atoms with Gasteiger partial charge in [0.05, 0.1) is 39.9 Å². The number of carbonyl (C=O) groups excluding carboxylic acids is 1. The molecule has 2 N–H and O–H groups in total. The molecule has 0 spiro atoms. The summed E-state index contributed by atoms with van der Waals surface area (Å²) in [6.07, 6.45) is 70.9. The number of amides is 1. The summed E-state index contributed by atoms with van der Waals surface area (Å²) in [5.41, 5.74) is 0. The number of nitrogens with zero attached hydrogens (tertiary/aromatic N) is 1. The molecule has 0 aromatic carbocycles. The standard InChI is InChI=1S/C64H127N2O6P/c1-6-8-10-12-14-16-18-20-22-24-26-28-30-31-32-33-34-36-37-39-41-43-45-47-49-51-53-55-57-63(67)62(61-72-73(69,70)71-60-59-66(3,4)5)65-64(68)58-56-54-52-50-48-46-44-42-40-38-35-29-27-25-23-21-19-17-15-13-11-9-7-2/h19,21,25,27,62-63,67H,6-18,20,22-24,26,28-61H2,1-5H3,(H-,65,68,69,70)/b21-19-,27-25-. The molecule has 0 saturated heterocycles. The zero-order valence-electron chi connectivity index (χ0n) is 49.6. The maximum absolute atomic E-state index is 13.0. The summed E-state index contributed by atoms with van der Waals surface area (Å²) in [6.45, 7) is 4.76. The molecule has 3 atom stereocenters. The van der Waals surface area contributed by atoms with Crippen LogP contribution in [0.1, 0.15) is 328 Å². The number of nitrogens with one attached hydrogen (secondary N) is 1. The van der Waals surface area contributed by atoms with E-state index in [1.165, 1.54) is 257 Å². The van der Waals surface area contributed by atoms with Crippen LogP contribution in [0.3, 0.4) is 0 Å². The second kappa shape index (κ2) is 55.7. The van der Waals surface area contributed by atoms with Crippen LogP contribution >= 0.6 is 7.82 Å². The van der Waals surface area contributed by atoms with Gasteiger partial charge in [-0.15, -0.1) is 0 Å². The Kier molecular flexibility index (Phi) is 54.9. The molecule has 0 fully saturated rings. The van der Waals surface area contributed by atoms with Gasteiger partial charge in [-0.25, -0.2) is 0 Å². The number of aliphatic hydroxyl groups excluding tert-OH is 1. The van der Waals surface area contributed by atoms with E-state index in [0.29, 0.717) is 23.9 Å². The summed E-state index contributed by atoms with van der Waals surface area (Å²) in [4.78, 5) is 25.6. The Morgan fingerprint density at radius 2 is 0.795 bits per heavy atom. The van der Waals surface area contributed by atoms with E-state index in [9.17, 15) is 19.4 Å². The molecule has 0 aliphatic rings. The first-order valence-electron chi connectivity index (χ1n) is 32.2. The normalized spacial score (nSPS) is 13.9. The lowest BCUT2D eigenvalue weighted by atomic mass is 10.0. The van der Waals surface area contributed by atoms with Gasteiger partial charge in [0.1, 0.15) is 13.2 Å². The van der Waals surface area contributed by atoms with Crippen LogP contribution in [0.5, 0.6) is 0 Å². The van der Waals surface area contributed by atoms with E-state index in [1.807, 2.05) is 21.1 Å². The van der Waals surface area contributed by atoms with Crippen LogP contribution in [-0.4, -0.2) is 68.5 Å². The van der Waals surface area contributed by atoms with E-state index >= 15 is 0 Å². The van der Waals surface area contributed by atoms with Crippen molar-refractivity contribution < 1.29 is 32.9 Å². The molecule has 8 nitrogen and oxygen atoms in total. The molecule has 0 saturated carbocycles. The van der Waals surface area contributed by atoms with Gasteiger partial charge < -0.3 is 28.8 Å². The molecule has 0 aliphatic heterocycles. The lowest BCUT2D eigenvalue weighted by Crippen LogP contribution is -2.46. The average molecular weight is 1050 g/mol. The van der Waals surface area contributed by atoms with Crippen molar-refractivity contribution in [2.24, 2.45) is 0 Å². The van der Waals surface area contributed by atoms with Crippen LogP contribution in [-0.2, 0) is 18.4 Å². The quantitative estimate of drug-likeness (QED) is 0.0272. The van der Waals surface area contributed by atoms with Crippen molar-refractivity contribution in [3.63, 3.8) is 0 Å². The summed E-state index contributed by atoms with van der Waals surface area (Å²) < 4.78 is 23.5. The fraction of sp³-hybridized carbons (Fsp3) is 0.922. The molecule has 0 aliphatic carbocycles. The third-order valence-electron chi connectivity index (χ3n) is 14.9. The van der Waals surface area contributed by atoms with E-state index in [4.69, 9.17) is 9.05 Å². The first kappa shape index (κ1) is 72.0. The Hall–Kier alpha value is -1.02. The molecule has 0 rings (SSSR count). The van der Waals surface area contributed by atoms with E-state index in [-0.39, 0.29) is 19.1 Å². The number of quaternary nitrogens is 1. The van der Waals surface area contributed by atoms with Crippen LogP contribution < -0.4 is 10.2 Å². The lowest BCUT2D eigenvalue weighted by molar-refractivity contribution is -0.870. The minimum Gasteiger partial charge on any atom is -0.756 e. The van der Waals surface area contributed by atoms with E-state index < -0.39 is 20.0 Å². The molecule has 1 amide bonds. The van der Waals surface area contributed by atoms with E-state index in [0.717, 1.165) is 44.9 Å². The highest BCUT2D eigenvalue weighted by atomic mass is 31.2. The van der Waals surface area contributed by atoms with Crippen molar-refractivity contribution in [2.75, 3.05) is 40.9 Å². The highest BCUT2D eigenvalue weighted by Gasteiger charge is 2.24. The van der Waals surface area contributed by atoms with Crippen LogP contribution in [0.15, 0.2) is 24.3 Å². The smallest absolute Gasteiger partial charge is 0.268 e. The van der Waals surface area contributed by atoms with Crippen molar-refractivity contribution in [2.45, 2.75) is 341 Å². The van der Waals surface area contributed by atoms with Crippen molar-refractivity contribution in [3.05, 3.63) is 24.3 Å². The number of aliphatic hydroxyl groups is 1. The third kappa shape index (κ3) is 58.5. The molecule has 73 heavy (non-hydrogen) atoms. The third-order valence-corrected chi connectivity index (χ3v) is 15.9. The molecule has 0 bridgehead atoms. The molecule has 3 unspecified atom stereocenters. The largest absolute Gasteiger partial charge is 0.756 e. The minimum absolute atomic E-state index is 0.0134. The van der Waals surface area contributed by atoms with Gasteiger partial charge in [0.2, 0.25) is 5.91 Å². The average Bonchev–Trinajstić information content (AvgIpc) is 3.35. The van der Waals surface area contributed by atoms with Crippen molar-refractivity contribution in [1.29, 1.82) is 0 Å². The Bertz CT molecular complexity index is 1240. The van der Waals surface area contributed by atoms with Crippen LogP contribution in [0.2, 0.25) is 0 Å². The van der Waals surface area contributed by atoms with Gasteiger partial charge in [-0.3, -0.25) is 9.36 Å². The van der Waals surface area contributed by atoms with Gasteiger partial charge in [0, 0.05) is 6.42 Å².